The highest BCUT2D eigenvalue weighted by Gasteiger charge is 2.25. The van der Waals surface area contributed by atoms with E-state index in [4.69, 9.17) is 5.73 Å². The van der Waals surface area contributed by atoms with Gasteiger partial charge in [-0.3, -0.25) is 4.79 Å². The zero-order valence-electron chi connectivity index (χ0n) is 17.0. The van der Waals surface area contributed by atoms with Crippen molar-refractivity contribution in [3.63, 3.8) is 0 Å². The Hall–Kier alpha value is -3.70. The van der Waals surface area contributed by atoms with Crippen LogP contribution in [0.2, 0.25) is 0 Å². The SMILES string of the molecule is Nc1nc(CC(=O)Nc2c(O)c(O)c(CCNCCc3ccccc3)c(O)c2O)c(O)s1. The van der Waals surface area contributed by atoms with Gasteiger partial charge < -0.3 is 41.9 Å². The molecule has 0 bridgehead atoms. The summed E-state index contributed by atoms with van der Waals surface area (Å²) in [5.41, 5.74) is 6.04. The van der Waals surface area contributed by atoms with Crippen molar-refractivity contribution in [3.05, 3.63) is 47.2 Å². The summed E-state index contributed by atoms with van der Waals surface area (Å²) in [7, 11) is 0. The average Bonchev–Trinajstić information content (AvgIpc) is 3.08. The number of phenols is 4. The molecule has 0 saturated heterocycles. The molecule has 0 atom stereocenters. The van der Waals surface area contributed by atoms with E-state index in [9.17, 15) is 30.3 Å². The van der Waals surface area contributed by atoms with E-state index in [2.05, 4.69) is 15.6 Å². The highest BCUT2D eigenvalue weighted by atomic mass is 32.1. The summed E-state index contributed by atoms with van der Waals surface area (Å²) in [6.07, 6.45) is 0.515. The van der Waals surface area contributed by atoms with Gasteiger partial charge in [-0.05, 0) is 31.5 Å². The first-order chi connectivity index (χ1) is 15.3. The van der Waals surface area contributed by atoms with Gasteiger partial charge in [-0.15, -0.1) is 0 Å². The molecule has 0 aliphatic heterocycles. The Kier molecular flexibility index (Phi) is 7.23. The number of anilines is 2. The minimum atomic E-state index is -0.782. The monoisotopic (exact) mass is 460 g/mol. The molecule has 0 fully saturated rings. The van der Waals surface area contributed by atoms with Gasteiger partial charge in [0.1, 0.15) is 11.4 Å². The van der Waals surface area contributed by atoms with E-state index in [0.717, 1.165) is 23.3 Å². The third-order valence-corrected chi connectivity index (χ3v) is 5.49. The number of aromatic nitrogens is 1. The van der Waals surface area contributed by atoms with E-state index < -0.39 is 41.0 Å². The number of aromatic hydroxyl groups is 5. The number of benzene rings is 2. The van der Waals surface area contributed by atoms with Gasteiger partial charge in [0.2, 0.25) is 5.91 Å². The van der Waals surface area contributed by atoms with Gasteiger partial charge >= 0.3 is 0 Å². The molecule has 2 aromatic carbocycles. The number of nitrogens with two attached hydrogens (primary N) is 1. The molecule has 1 amide bonds. The maximum atomic E-state index is 12.2. The molecule has 170 valence electrons. The van der Waals surface area contributed by atoms with Crippen LogP contribution < -0.4 is 16.4 Å². The Labute approximate surface area is 187 Å². The first-order valence-electron chi connectivity index (χ1n) is 9.75. The fourth-order valence-electron chi connectivity index (χ4n) is 3.13. The van der Waals surface area contributed by atoms with Gasteiger partial charge in [0.15, 0.2) is 33.2 Å². The molecule has 0 aliphatic rings. The van der Waals surface area contributed by atoms with Crippen LogP contribution in [0.5, 0.6) is 28.1 Å². The lowest BCUT2D eigenvalue weighted by molar-refractivity contribution is -0.115. The number of hydrogen-bond donors (Lipinski definition) is 8. The molecule has 10 nitrogen and oxygen atoms in total. The van der Waals surface area contributed by atoms with Crippen LogP contribution in [0, 0.1) is 0 Å². The number of nitrogen functional groups attached to an aromatic ring is 1. The number of phenolic OH excluding ortho intramolecular Hbond substituents is 4. The van der Waals surface area contributed by atoms with Gasteiger partial charge in [0.25, 0.3) is 0 Å². The Morgan fingerprint density at radius 2 is 1.56 bits per heavy atom. The second kappa shape index (κ2) is 10.1. The second-order valence-corrected chi connectivity index (χ2v) is 8.02. The Balaban J connectivity index is 1.63. The van der Waals surface area contributed by atoms with Crippen LogP contribution in [0.1, 0.15) is 16.8 Å². The summed E-state index contributed by atoms with van der Waals surface area (Å²) in [5, 5.41) is 56.0. The Morgan fingerprint density at radius 1 is 0.938 bits per heavy atom. The molecule has 32 heavy (non-hydrogen) atoms. The van der Waals surface area contributed by atoms with Gasteiger partial charge in [-0.2, -0.15) is 0 Å². The lowest BCUT2D eigenvalue weighted by atomic mass is 10.1. The first-order valence-corrected chi connectivity index (χ1v) is 10.6. The first kappa shape index (κ1) is 23.0. The molecule has 9 N–H and O–H groups in total. The zero-order chi connectivity index (χ0) is 23.3. The second-order valence-electron chi connectivity index (χ2n) is 7.01. The average molecular weight is 461 g/mol. The number of nitrogens with one attached hydrogen (secondary N) is 2. The maximum Gasteiger partial charge on any atom is 0.230 e. The highest BCUT2D eigenvalue weighted by molar-refractivity contribution is 7.17. The summed E-state index contributed by atoms with van der Waals surface area (Å²) < 4.78 is 0. The molecule has 0 radical (unpaired) electrons. The van der Waals surface area contributed by atoms with E-state index in [1.807, 2.05) is 30.3 Å². The fraction of sp³-hybridized carbons (Fsp3) is 0.238. The normalized spacial score (nSPS) is 10.9. The fourth-order valence-corrected chi connectivity index (χ4v) is 3.72. The summed E-state index contributed by atoms with van der Waals surface area (Å²) >= 11 is 0.798. The number of rotatable bonds is 9. The number of carbonyl (C=O) groups excluding carboxylic acids is 1. The maximum absolute atomic E-state index is 12.2. The molecular weight excluding hydrogens is 436 g/mol. The summed E-state index contributed by atoms with van der Waals surface area (Å²) in [6, 6.07) is 9.85. The van der Waals surface area contributed by atoms with E-state index in [-0.39, 0.29) is 27.9 Å². The molecule has 11 heteroatoms. The molecule has 0 aliphatic carbocycles. The van der Waals surface area contributed by atoms with Crippen LogP contribution >= 0.6 is 11.3 Å². The van der Waals surface area contributed by atoms with Crippen molar-refractivity contribution in [2.45, 2.75) is 19.3 Å². The van der Waals surface area contributed by atoms with Crippen molar-refractivity contribution in [3.8, 4) is 28.1 Å². The lowest BCUT2D eigenvalue weighted by Crippen LogP contribution is -2.20. The van der Waals surface area contributed by atoms with Crippen LogP contribution in [0.25, 0.3) is 0 Å². The minimum absolute atomic E-state index is 0.0237. The van der Waals surface area contributed by atoms with Gasteiger partial charge in [-0.1, -0.05) is 41.7 Å². The van der Waals surface area contributed by atoms with Crippen molar-refractivity contribution in [2.75, 3.05) is 24.1 Å². The predicted octanol–water partition coefficient (Wildman–Crippen LogP) is 1.81. The number of amides is 1. The van der Waals surface area contributed by atoms with Crippen molar-refractivity contribution in [1.82, 2.24) is 10.3 Å². The summed E-state index contributed by atoms with van der Waals surface area (Å²) in [4.78, 5) is 16.0. The van der Waals surface area contributed by atoms with Crippen molar-refractivity contribution in [2.24, 2.45) is 0 Å². The molecule has 1 heterocycles. The largest absolute Gasteiger partial charge is 0.504 e. The number of hydrogen-bond acceptors (Lipinski definition) is 10. The molecular formula is C21H24N4O6S. The smallest absolute Gasteiger partial charge is 0.230 e. The van der Waals surface area contributed by atoms with Crippen LogP contribution in [0.4, 0.5) is 10.8 Å². The number of thiazole rings is 1. The van der Waals surface area contributed by atoms with Gasteiger partial charge in [0.05, 0.1) is 6.42 Å². The summed E-state index contributed by atoms with van der Waals surface area (Å²) in [6.45, 7) is 1.02. The van der Waals surface area contributed by atoms with Crippen LogP contribution in [0.15, 0.2) is 30.3 Å². The third-order valence-electron chi connectivity index (χ3n) is 4.76. The highest BCUT2D eigenvalue weighted by Crippen LogP contribution is 2.50. The third kappa shape index (κ3) is 5.31. The molecule has 0 unspecified atom stereocenters. The molecule has 0 saturated carbocycles. The van der Waals surface area contributed by atoms with Crippen molar-refractivity contribution >= 4 is 28.1 Å². The predicted molar refractivity (Wildman–Crippen MR) is 120 cm³/mol. The molecule has 3 rings (SSSR count). The van der Waals surface area contributed by atoms with Crippen molar-refractivity contribution < 1.29 is 30.3 Å². The van der Waals surface area contributed by atoms with Crippen molar-refractivity contribution in [1.29, 1.82) is 0 Å². The Bertz CT molecular complexity index is 1070. The van der Waals surface area contributed by atoms with Crippen LogP contribution in [-0.2, 0) is 24.1 Å². The topological polar surface area (TPSA) is 181 Å². The molecule has 1 aromatic heterocycles. The van der Waals surface area contributed by atoms with Crippen LogP contribution in [-0.4, -0.2) is 49.5 Å². The van der Waals surface area contributed by atoms with E-state index >= 15 is 0 Å². The Morgan fingerprint density at radius 3 is 2.16 bits per heavy atom. The van der Waals surface area contributed by atoms with Crippen LogP contribution in [0.3, 0.4) is 0 Å². The van der Waals surface area contributed by atoms with E-state index in [1.54, 1.807) is 0 Å². The lowest BCUT2D eigenvalue weighted by Gasteiger charge is -2.16. The quantitative estimate of drug-likeness (QED) is 0.134. The molecule has 3 aromatic rings. The zero-order valence-corrected chi connectivity index (χ0v) is 17.8. The number of nitrogens with zero attached hydrogens (tertiary/aromatic N) is 1. The van der Waals surface area contributed by atoms with Gasteiger partial charge in [-0.25, -0.2) is 4.98 Å². The van der Waals surface area contributed by atoms with Gasteiger partial charge in [0, 0.05) is 5.56 Å². The van der Waals surface area contributed by atoms with E-state index in [0.29, 0.717) is 13.1 Å². The standard InChI is InChI=1S/C21H24N4O6S/c22-21-24-13(20(31)32-21)10-14(26)25-15-18(29)16(27)12(17(28)19(15)30)7-9-23-8-6-11-4-2-1-3-5-11/h1-5,23,27-31H,6-10H2,(H2,22,24)(H,25,26). The number of carbonyl (C=O) groups is 1. The van der Waals surface area contributed by atoms with E-state index in [1.165, 1.54) is 0 Å². The summed E-state index contributed by atoms with van der Waals surface area (Å²) in [5.74, 6) is -3.63. The molecule has 0 spiro atoms. The minimum Gasteiger partial charge on any atom is -0.504 e.